The Hall–Kier alpha value is -2.63. The number of fused-ring (bicyclic) bond motifs is 3. The molecular weight excluding hydrogens is 292 g/mol. The lowest BCUT2D eigenvalue weighted by atomic mass is 10.2. The predicted molar refractivity (Wildman–Crippen MR) is 87.3 cm³/mol. The second kappa shape index (κ2) is 5.87. The van der Waals surface area contributed by atoms with Gasteiger partial charge in [-0.05, 0) is 25.3 Å². The van der Waals surface area contributed by atoms with Gasteiger partial charge in [0.15, 0.2) is 11.5 Å². The van der Waals surface area contributed by atoms with Gasteiger partial charge in [-0.2, -0.15) is 4.98 Å². The molecule has 1 aliphatic rings. The minimum atomic E-state index is 0.0164. The summed E-state index contributed by atoms with van der Waals surface area (Å²) in [5.41, 5.74) is 4.50. The highest BCUT2D eigenvalue weighted by molar-refractivity contribution is 5.85. The maximum Gasteiger partial charge on any atom is 0.237 e. The SMILES string of the molecule is C=C=CCNc1nc2nccn2c2c1ncn2C1CCCCO1. The molecule has 1 fully saturated rings. The average molecular weight is 310 g/mol. The molecule has 0 aliphatic carbocycles. The third kappa shape index (κ3) is 2.40. The van der Waals surface area contributed by atoms with Gasteiger partial charge in [0.05, 0.1) is 6.33 Å². The molecule has 1 aliphatic heterocycles. The third-order valence-electron chi connectivity index (χ3n) is 4.03. The van der Waals surface area contributed by atoms with Crippen molar-refractivity contribution in [3.8, 4) is 0 Å². The summed E-state index contributed by atoms with van der Waals surface area (Å²) in [4.78, 5) is 13.4. The van der Waals surface area contributed by atoms with Crippen LogP contribution in [0.4, 0.5) is 5.82 Å². The fourth-order valence-corrected chi connectivity index (χ4v) is 2.95. The van der Waals surface area contributed by atoms with E-state index >= 15 is 0 Å². The van der Waals surface area contributed by atoms with Crippen LogP contribution in [-0.2, 0) is 4.74 Å². The molecule has 7 heteroatoms. The molecule has 23 heavy (non-hydrogen) atoms. The minimum Gasteiger partial charge on any atom is -0.364 e. The van der Waals surface area contributed by atoms with Gasteiger partial charge in [0.1, 0.15) is 11.7 Å². The molecule has 0 amide bonds. The van der Waals surface area contributed by atoms with Crippen LogP contribution in [0.2, 0.25) is 0 Å². The largest absolute Gasteiger partial charge is 0.364 e. The molecule has 0 saturated carbocycles. The van der Waals surface area contributed by atoms with Crippen molar-refractivity contribution >= 4 is 22.8 Å². The quantitative estimate of drug-likeness (QED) is 0.750. The minimum absolute atomic E-state index is 0.0164. The first-order valence-electron chi connectivity index (χ1n) is 7.78. The summed E-state index contributed by atoms with van der Waals surface area (Å²) in [6, 6.07) is 0. The van der Waals surface area contributed by atoms with Crippen LogP contribution < -0.4 is 5.32 Å². The standard InChI is InChI=1S/C16H18N6O/c1-2-3-7-17-14-13-15(21-9-8-18-16(21)20-14)22(11-19-13)12-6-4-5-10-23-12/h3,8-9,11-12H,1,4-7,10H2,(H,17,18,20). The van der Waals surface area contributed by atoms with Crippen molar-refractivity contribution in [3.63, 3.8) is 0 Å². The van der Waals surface area contributed by atoms with Gasteiger partial charge in [-0.15, -0.1) is 5.73 Å². The van der Waals surface area contributed by atoms with E-state index in [9.17, 15) is 0 Å². The third-order valence-corrected chi connectivity index (χ3v) is 4.03. The van der Waals surface area contributed by atoms with E-state index in [0.717, 1.165) is 37.0 Å². The zero-order valence-electron chi connectivity index (χ0n) is 12.8. The molecule has 1 saturated heterocycles. The van der Waals surface area contributed by atoms with Gasteiger partial charge in [-0.3, -0.25) is 8.97 Å². The highest BCUT2D eigenvalue weighted by Gasteiger charge is 2.21. The number of hydrogen-bond donors (Lipinski definition) is 1. The molecule has 4 heterocycles. The van der Waals surface area contributed by atoms with Crippen LogP contribution in [0.15, 0.2) is 37.1 Å². The smallest absolute Gasteiger partial charge is 0.237 e. The van der Waals surface area contributed by atoms with E-state index < -0.39 is 0 Å². The van der Waals surface area contributed by atoms with Crippen molar-refractivity contribution in [3.05, 3.63) is 37.1 Å². The molecule has 3 aromatic heterocycles. The Morgan fingerprint density at radius 1 is 1.43 bits per heavy atom. The zero-order chi connectivity index (χ0) is 15.6. The van der Waals surface area contributed by atoms with Crippen molar-refractivity contribution in [1.82, 2.24) is 23.9 Å². The van der Waals surface area contributed by atoms with Crippen LogP contribution in [0.3, 0.4) is 0 Å². The highest BCUT2D eigenvalue weighted by Crippen LogP contribution is 2.29. The van der Waals surface area contributed by atoms with Crippen molar-refractivity contribution in [2.75, 3.05) is 18.5 Å². The summed E-state index contributed by atoms with van der Waals surface area (Å²) in [6.45, 7) is 4.95. The number of rotatable bonds is 4. The second-order valence-electron chi connectivity index (χ2n) is 5.49. The van der Waals surface area contributed by atoms with Crippen molar-refractivity contribution in [1.29, 1.82) is 0 Å². The Morgan fingerprint density at radius 3 is 3.22 bits per heavy atom. The lowest BCUT2D eigenvalue weighted by molar-refractivity contribution is -0.0298. The number of anilines is 1. The first kappa shape index (κ1) is 14.0. The van der Waals surface area contributed by atoms with E-state index in [-0.39, 0.29) is 6.23 Å². The molecule has 4 rings (SSSR count). The van der Waals surface area contributed by atoms with Crippen LogP contribution in [-0.4, -0.2) is 37.1 Å². The summed E-state index contributed by atoms with van der Waals surface area (Å²) < 4.78 is 9.95. The van der Waals surface area contributed by atoms with Crippen molar-refractivity contribution < 1.29 is 4.74 Å². The molecular formula is C16H18N6O. The zero-order valence-corrected chi connectivity index (χ0v) is 12.8. The number of imidazole rings is 2. The number of nitrogens with zero attached hydrogens (tertiary/aromatic N) is 5. The van der Waals surface area contributed by atoms with Crippen LogP contribution in [0.25, 0.3) is 16.9 Å². The van der Waals surface area contributed by atoms with Gasteiger partial charge < -0.3 is 10.1 Å². The summed E-state index contributed by atoms with van der Waals surface area (Å²) in [5, 5.41) is 3.25. The van der Waals surface area contributed by atoms with Crippen LogP contribution >= 0.6 is 0 Å². The Balaban J connectivity index is 1.87. The monoisotopic (exact) mass is 310 g/mol. The molecule has 1 unspecified atom stereocenters. The van der Waals surface area contributed by atoms with Gasteiger partial charge in [0.2, 0.25) is 5.78 Å². The van der Waals surface area contributed by atoms with Crippen molar-refractivity contribution in [2.45, 2.75) is 25.5 Å². The number of ether oxygens (including phenoxy) is 1. The van der Waals surface area contributed by atoms with Gasteiger partial charge in [-0.25, -0.2) is 9.97 Å². The van der Waals surface area contributed by atoms with Crippen LogP contribution in [0.5, 0.6) is 0 Å². The lowest BCUT2D eigenvalue weighted by Gasteiger charge is -2.24. The van der Waals surface area contributed by atoms with Crippen LogP contribution in [0, 0.1) is 0 Å². The molecule has 0 aromatic carbocycles. The number of aromatic nitrogens is 5. The molecule has 7 nitrogen and oxygen atoms in total. The summed E-state index contributed by atoms with van der Waals surface area (Å²) >= 11 is 0. The number of hydrogen-bond acceptors (Lipinski definition) is 5. The van der Waals surface area contributed by atoms with E-state index in [2.05, 4.69) is 37.1 Å². The average Bonchev–Trinajstić information content (AvgIpc) is 3.22. The lowest BCUT2D eigenvalue weighted by Crippen LogP contribution is -2.18. The maximum atomic E-state index is 5.92. The molecule has 0 radical (unpaired) electrons. The summed E-state index contributed by atoms with van der Waals surface area (Å²) in [5.74, 6) is 1.35. The van der Waals surface area contributed by atoms with E-state index in [1.165, 1.54) is 0 Å². The predicted octanol–water partition coefficient (Wildman–Crippen LogP) is 2.53. The fourth-order valence-electron chi connectivity index (χ4n) is 2.95. The van der Waals surface area contributed by atoms with Gasteiger partial charge >= 0.3 is 0 Å². The van der Waals surface area contributed by atoms with E-state index in [1.807, 2.05) is 23.0 Å². The maximum absolute atomic E-state index is 5.92. The summed E-state index contributed by atoms with van der Waals surface area (Å²) in [7, 11) is 0. The van der Waals surface area contributed by atoms with Gasteiger partial charge in [-0.1, -0.05) is 6.58 Å². The normalized spacial score (nSPS) is 18.2. The van der Waals surface area contributed by atoms with E-state index in [1.54, 1.807) is 6.20 Å². The molecule has 3 aromatic rings. The highest BCUT2D eigenvalue weighted by atomic mass is 16.5. The topological polar surface area (TPSA) is 69.3 Å². The summed E-state index contributed by atoms with van der Waals surface area (Å²) in [6.07, 6.45) is 10.6. The Kier molecular flexibility index (Phi) is 3.57. The molecule has 1 atom stereocenters. The Bertz CT molecular complexity index is 883. The molecule has 1 N–H and O–H groups in total. The second-order valence-corrected chi connectivity index (χ2v) is 5.49. The Morgan fingerprint density at radius 2 is 2.39 bits per heavy atom. The van der Waals surface area contributed by atoms with Crippen molar-refractivity contribution in [2.24, 2.45) is 0 Å². The molecule has 118 valence electrons. The number of nitrogens with one attached hydrogen (secondary N) is 1. The van der Waals surface area contributed by atoms with Crippen LogP contribution in [0.1, 0.15) is 25.5 Å². The van der Waals surface area contributed by atoms with E-state index in [4.69, 9.17) is 4.74 Å². The first-order valence-corrected chi connectivity index (χ1v) is 7.78. The fraction of sp³-hybridized carbons (Fsp3) is 0.375. The molecule has 0 spiro atoms. The first-order chi connectivity index (χ1) is 11.4. The molecule has 0 bridgehead atoms. The van der Waals surface area contributed by atoms with Gasteiger partial charge in [0.25, 0.3) is 0 Å². The Labute approximate surface area is 133 Å². The van der Waals surface area contributed by atoms with Gasteiger partial charge in [0, 0.05) is 25.5 Å². The van der Waals surface area contributed by atoms with E-state index in [0.29, 0.717) is 18.1 Å².